The Labute approximate surface area is 131 Å². The van der Waals surface area contributed by atoms with Crippen LogP contribution < -0.4 is 10.4 Å². The first-order chi connectivity index (χ1) is 8.35. The van der Waals surface area contributed by atoms with Crippen LogP contribution in [0, 0.1) is 0 Å². The Morgan fingerprint density at radius 1 is 1.26 bits per heavy atom. The van der Waals surface area contributed by atoms with Crippen molar-refractivity contribution < 1.29 is 19.5 Å². The third-order valence-electron chi connectivity index (χ3n) is 2.05. The SMILES string of the molecule is C[N+](C)(C)CCO.I.O=C([O-])NCc1ccccc1. The van der Waals surface area contributed by atoms with Gasteiger partial charge in [-0.3, -0.25) is 0 Å². The van der Waals surface area contributed by atoms with E-state index in [1.807, 2.05) is 30.3 Å². The van der Waals surface area contributed by atoms with E-state index in [-0.39, 0.29) is 30.6 Å². The van der Waals surface area contributed by atoms with Gasteiger partial charge in [-0.2, -0.15) is 0 Å². The second-order valence-electron chi connectivity index (χ2n) is 4.86. The predicted molar refractivity (Wildman–Crippen MR) is 84.1 cm³/mol. The Morgan fingerprint density at radius 2 is 1.79 bits per heavy atom. The summed E-state index contributed by atoms with van der Waals surface area (Å²) in [5.41, 5.74) is 0.928. The predicted octanol–water partition coefficient (Wildman–Crippen LogP) is 0.422. The number of carbonyl (C=O) groups is 1. The molecule has 0 aliphatic rings. The standard InChI is InChI=1S/C8H9NO2.C5H14NO.HI/c10-8(11)9-6-7-4-2-1-3-5-7;1-6(2,3)4-5-7;/h1-5,9H,6H2,(H,10,11);7H,4-5H2,1-3H3;1H/q;+1;/p-1. The number of carboxylic acid groups (broad SMARTS) is 1. The summed E-state index contributed by atoms with van der Waals surface area (Å²) in [5, 5.41) is 20.5. The lowest BCUT2D eigenvalue weighted by molar-refractivity contribution is -0.870. The van der Waals surface area contributed by atoms with Crippen LogP contribution in [0.3, 0.4) is 0 Å². The van der Waals surface area contributed by atoms with Crippen LogP contribution in [0.2, 0.25) is 0 Å². The summed E-state index contributed by atoms with van der Waals surface area (Å²) in [6.07, 6.45) is -1.24. The van der Waals surface area contributed by atoms with Crippen LogP contribution in [-0.4, -0.2) is 50.0 Å². The average Bonchev–Trinajstić information content (AvgIpc) is 2.27. The van der Waals surface area contributed by atoms with Gasteiger partial charge < -0.3 is 24.8 Å². The highest BCUT2D eigenvalue weighted by Crippen LogP contribution is 1.96. The Kier molecular flexibility index (Phi) is 11.9. The van der Waals surface area contributed by atoms with Crippen molar-refractivity contribution >= 4 is 30.1 Å². The van der Waals surface area contributed by atoms with Crippen molar-refractivity contribution in [1.29, 1.82) is 0 Å². The number of aliphatic hydroxyl groups excluding tert-OH is 1. The first-order valence-corrected chi connectivity index (χ1v) is 5.75. The summed E-state index contributed by atoms with van der Waals surface area (Å²) >= 11 is 0. The maximum absolute atomic E-state index is 9.95. The van der Waals surface area contributed by atoms with E-state index in [4.69, 9.17) is 5.11 Å². The number of likely N-dealkylation sites (N-methyl/N-ethyl adjacent to an activating group) is 1. The number of nitrogens with zero attached hydrogens (tertiary/aromatic N) is 1. The normalized spacial score (nSPS) is 9.68. The summed E-state index contributed by atoms with van der Waals surface area (Å²) in [6, 6.07) is 9.27. The maximum atomic E-state index is 9.95. The fourth-order valence-electron chi connectivity index (χ4n) is 1.07. The lowest BCUT2D eigenvalue weighted by Gasteiger charge is -2.21. The summed E-state index contributed by atoms with van der Waals surface area (Å²) in [4.78, 5) is 9.95. The molecule has 2 N–H and O–H groups in total. The average molecular weight is 382 g/mol. The van der Waals surface area contributed by atoms with Crippen molar-refractivity contribution in [2.45, 2.75) is 6.54 Å². The van der Waals surface area contributed by atoms with Crippen molar-refractivity contribution in [3.8, 4) is 0 Å². The van der Waals surface area contributed by atoms with E-state index in [2.05, 4.69) is 26.5 Å². The molecule has 0 atom stereocenters. The lowest BCUT2D eigenvalue weighted by atomic mass is 10.2. The molecule has 1 aromatic rings. The first kappa shape index (κ1) is 20.5. The summed E-state index contributed by atoms with van der Waals surface area (Å²) in [7, 11) is 6.16. The topological polar surface area (TPSA) is 72.4 Å². The van der Waals surface area contributed by atoms with Gasteiger partial charge >= 0.3 is 0 Å². The highest BCUT2D eigenvalue weighted by atomic mass is 127. The molecule has 0 bridgehead atoms. The van der Waals surface area contributed by atoms with Gasteiger partial charge in [0, 0.05) is 6.54 Å². The van der Waals surface area contributed by atoms with Crippen LogP contribution in [0.15, 0.2) is 30.3 Å². The minimum atomic E-state index is -1.24. The van der Waals surface area contributed by atoms with Crippen LogP contribution in [0.25, 0.3) is 0 Å². The zero-order valence-corrected chi connectivity index (χ0v) is 14.0. The van der Waals surface area contributed by atoms with Crippen LogP contribution in [0.1, 0.15) is 5.56 Å². The van der Waals surface area contributed by atoms with Crippen molar-refractivity contribution in [3.63, 3.8) is 0 Å². The quantitative estimate of drug-likeness (QED) is 0.586. The molecule has 110 valence electrons. The van der Waals surface area contributed by atoms with E-state index in [9.17, 15) is 9.90 Å². The second kappa shape index (κ2) is 11.0. The van der Waals surface area contributed by atoms with Gasteiger partial charge in [-0.25, -0.2) is 0 Å². The van der Waals surface area contributed by atoms with E-state index < -0.39 is 6.09 Å². The molecular formula is C13H23IN2O3. The van der Waals surface area contributed by atoms with Gasteiger partial charge in [0.1, 0.15) is 12.6 Å². The van der Waals surface area contributed by atoms with E-state index in [0.717, 1.165) is 16.6 Å². The van der Waals surface area contributed by atoms with Gasteiger partial charge in [0.2, 0.25) is 0 Å². The van der Waals surface area contributed by atoms with Crippen LogP contribution in [-0.2, 0) is 6.54 Å². The molecule has 0 radical (unpaired) electrons. The molecule has 1 rings (SSSR count). The van der Waals surface area contributed by atoms with E-state index in [1.165, 1.54) is 0 Å². The van der Waals surface area contributed by atoms with Gasteiger partial charge in [0.15, 0.2) is 0 Å². The number of benzene rings is 1. The molecule has 0 aliphatic carbocycles. The summed E-state index contributed by atoms with van der Waals surface area (Å²) in [5.74, 6) is 0. The van der Waals surface area contributed by atoms with Crippen LogP contribution >= 0.6 is 24.0 Å². The number of amides is 1. The molecule has 0 heterocycles. The maximum Gasteiger partial charge on any atom is 0.134 e. The molecule has 5 nitrogen and oxygen atoms in total. The number of carbonyl (C=O) groups excluding carboxylic acids is 1. The smallest absolute Gasteiger partial charge is 0.134 e. The Bertz CT molecular complexity index is 339. The van der Waals surface area contributed by atoms with Crippen molar-refractivity contribution in [1.82, 2.24) is 5.32 Å². The van der Waals surface area contributed by atoms with Crippen molar-refractivity contribution in [3.05, 3.63) is 35.9 Å². The zero-order chi connectivity index (χ0) is 14.0. The lowest BCUT2D eigenvalue weighted by Crippen LogP contribution is -2.36. The van der Waals surface area contributed by atoms with Crippen LogP contribution in [0.5, 0.6) is 0 Å². The molecule has 19 heavy (non-hydrogen) atoms. The van der Waals surface area contributed by atoms with Gasteiger partial charge in [0.25, 0.3) is 0 Å². The van der Waals surface area contributed by atoms with E-state index in [1.54, 1.807) is 0 Å². The number of aliphatic hydroxyl groups is 1. The Hall–Kier alpha value is -0.860. The molecular weight excluding hydrogens is 359 g/mol. The molecule has 0 aromatic heterocycles. The van der Waals surface area contributed by atoms with E-state index in [0.29, 0.717) is 6.54 Å². The molecule has 1 amide bonds. The number of hydrogen-bond donors (Lipinski definition) is 2. The number of halogens is 1. The number of nitrogens with one attached hydrogen (secondary N) is 1. The third-order valence-corrected chi connectivity index (χ3v) is 2.05. The van der Waals surface area contributed by atoms with Gasteiger partial charge in [-0.15, -0.1) is 24.0 Å². The number of quaternary nitrogens is 1. The summed E-state index contributed by atoms with van der Waals surface area (Å²) < 4.78 is 0.844. The highest BCUT2D eigenvalue weighted by Gasteiger charge is 2.02. The van der Waals surface area contributed by atoms with Gasteiger partial charge in [-0.1, -0.05) is 30.3 Å². The molecule has 0 saturated heterocycles. The van der Waals surface area contributed by atoms with Crippen molar-refractivity contribution in [2.24, 2.45) is 0 Å². The minimum absolute atomic E-state index is 0. The second-order valence-corrected chi connectivity index (χ2v) is 4.86. The fraction of sp³-hybridized carbons (Fsp3) is 0.462. The fourth-order valence-corrected chi connectivity index (χ4v) is 1.07. The van der Waals surface area contributed by atoms with Crippen molar-refractivity contribution in [2.75, 3.05) is 34.3 Å². The summed E-state index contributed by atoms with van der Waals surface area (Å²) in [6.45, 7) is 1.42. The molecule has 0 spiro atoms. The molecule has 6 heteroatoms. The highest BCUT2D eigenvalue weighted by molar-refractivity contribution is 14.0. The Morgan fingerprint density at radius 3 is 2.11 bits per heavy atom. The molecule has 0 fully saturated rings. The number of rotatable bonds is 4. The minimum Gasteiger partial charge on any atom is -0.530 e. The first-order valence-electron chi connectivity index (χ1n) is 5.75. The van der Waals surface area contributed by atoms with Crippen LogP contribution in [0.4, 0.5) is 4.79 Å². The molecule has 0 saturated carbocycles. The molecule has 1 aromatic carbocycles. The number of hydrogen-bond acceptors (Lipinski definition) is 3. The third kappa shape index (κ3) is 15.1. The molecule has 0 unspecified atom stereocenters. The zero-order valence-electron chi connectivity index (χ0n) is 11.6. The largest absolute Gasteiger partial charge is 0.530 e. The van der Waals surface area contributed by atoms with Gasteiger partial charge in [0.05, 0.1) is 27.7 Å². The Balaban J connectivity index is 0. The monoisotopic (exact) mass is 382 g/mol. The molecule has 0 aliphatic heterocycles. The van der Waals surface area contributed by atoms with E-state index >= 15 is 0 Å². The van der Waals surface area contributed by atoms with Gasteiger partial charge in [-0.05, 0) is 5.56 Å².